The highest BCUT2D eigenvalue weighted by Crippen LogP contribution is 2.27. The van der Waals surface area contributed by atoms with Crippen molar-refractivity contribution in [1.82, 2.24) is 0 Å². The Balaban J connectivity index is 2.97. The first-order valence-corrected chi connectivity index (χ1v) is 6.66. The number of halogens is 2. The molecule has 0 aliphatic rings. The Morgan fingerprint density at radius 3 is 2.78 bits per heavy atom. The molecule has 0 saturated carbocycles. The minimum absolute atomic E-state index is 0.135. The summed E-state index contributed by atoms with van der Waals surface area (Å²) in [6, 6.07) is 4.65. The molecule has 1 N–H and O–H groups in total. The minimum atomic E-state index is -0.254. The van der Waals surface area contributed by atoms with Crippen molar-refractivity contribution in [1.29, 1.82) is 5.41 Å². The summed E-state index contributed by atoms with van der Waals surface area (Å²) in [7, 11) is 0. The summed E-state index contributed by atoms with van der Waals surface area (Å²) in [5.74, 6) is 0.396. The fourth-order valence-corrected chi connectivity index (χ4v) is 2.15. The van der Waals surface area contributed by atoms with Gasteiger partial charge in [-0.2, -0.15) is 0 Å². The highest BCUT2D eigenvalue weighted by atomic mass is 35.5. The molecule has 4 heteroatoms. The number of aryl methyl sites for hydroxylation is 1. The van der Waals surface area contributed by atoms with Gasteiger partial charge in [-0.25, -0.2) is 4.39 Å². The van der Waals surface area contributed by atoms with Crippen molar-refractivity contribution < 1.29 is 9.13 Å². The number of ether oxygens (including phenoxy) is 1. The number of nitrogens with one attached hydrogen (secondary N) is 1. The van der Waals surface area contributed by atoms with Crippen molar-refractivity contribution in [2.75, 3.05) is 12.5 Å². The van der Waals surface area contributed by atoms with Crippen LogP contribution in [0.5, 0.6) is 0 Å². The van der Waals surface area contributed by atoms with Crippen molar-refractivity contribution in [3.05, 3.63) is 35.1 Å². The van der Waals surface area contributed by atoms with E-state index < -0.39 is 0 Å². The fraction of sp³-hybridized carbons (Fsp3) is 0.500. The van der Waals surface area contributed by atoms with E-state index in [0.717, 1.165) is 24.0 Å². The molecule has 0 radical (unpaired) electrons. The van der Waals surface area contributed by atoms with E-state index in [0.29, 0.717) is 12.5 Å². The molecule has 100 valence electrons. The van der Waals surface area contributed by atoms with Crippen LogP contribution in [0, 0.1) is 18.2 Å². The quantitative estimate of drug-likeness (QED) is 0.468. The largest absolute Gasteiger partial charge is 0.481 e. The molecule has 1 atom stereocenters. The van der Waals surface area contributed by atoms with Gasteiger partial charge in [-0.05, 0) is 49.9 Å². The molecule has 18 heavy (non-hydrogen) atoms. The maximum Gasteiger partial charge on any atom is 0.188 e. The second-order valence-electron chi connectivity index (χ2n) is 4.18. The maximum absolute atomic E-state index is 13.1. The van der Waals surface area contributed by atoms with Gasteiger partial charge in [-0.1, -0.05) is 6.07 Å². The van der Waals surface area contributed by atoms with E-state index >= 15 is 0 Å². The lowest BCUT2D eigenvalue weighted by Crippen LogP contribution is -2.16. The molecule has 0 aliphatic carbocycles. The number of alkyl halides is 1. The molecule has 1 rings (SSSR count). The molecule has 0 aliphatic heterocycles. The number of benzene rings is 1. The van der Waals surface area contributed by atoms with Gasteiger partial charge in [0.1, 0.15) is 5.82 Å². The average Bonchev–Trinajstić information content (AvgIpc) is 2.32. The van der Waals surface area contributed by atoms with Gasteiger partial charge in [0.2, 0.25) is 0 Å². The van der Waals surface area contributed by atoms with Crippen molar-refractivity contribution in [3.63, 3.8) is 0 Å². The van der Waals surface area contributed by atoms with Crippen LogP contribution < -0.4 is 0 Å². The molecule has 1 unspecified atom stereocenters. The molecule has 2 nitrogen and oxygen atoms in total. The number of hydrogen-bond acceptors (Lipinski definition) is 2. The zero-order valence-corrected chi connectivity index (χ0v) is 11.6. The standard InChI is InChI=1S/C14H19ClFNO/c1-3-18-14(17)13(5-4-8-15)12-7-6-11(16)9-10(12)2/h6-7,9,13,17H,3-5,8H2,1-2H3. The van der Waals surface area contributed by atoms with Crippen LogP contribution >= 0.6 is 11.6 Å². The smallest absolute Gasteiger partial charge is 0.188 e. The number of rotatable bonds is 6. The van der Waals surface area contributed by atoms with Gasteiger partial charge in [0.25, 0.3) is 0 Å². The van der Waals surface area contributed by atoms with Gasteiger partial charge >= 0.3 is 0 Å². The number of hydrogen-bond donors (Lipinski definition) is 1. The third-order valence-corrected chi connectivity index (χ3v) is 3.12. The molecule has 0 spiro atoms. The maximum atomic E-state index is 13.1. The van der Waals surface area contributed by atoms with Gasteiger partial charge in [-0.15, -0.1) is 11.6 Å². The normalized spacial score (nSPS) is 12.2. The molecular formula is C14H19ClFNO. The molecule has 0 aromatic heterocycles. The van der Waals surface area contributed by atoms with Crippen molar-refractivity contribution in [2.45, 2.75) is 32.6 Å². The average molecular weight is 272 g/mol. The monoisotopic (exact) mass is 271 g/mol. The lowest BCUT2D eigenvalue weighted by Gasteiger charge is -2.20. The minimum Gasteiger partial charge on any atom is -0.481 e. The Hall–Kier alpha value is -1.09. The zero-order chi connectivity index (χ0) is 13.5. The van der Waals surface area contributed by atoms with Gasteiger partial charge < -0.3 is 4.74 Å². The molecule has 1 aromatic carbocycles. The van der Waals surface area contributed by atoms with Crippen LogP contribution in [0.25, 0.3) is 0 Å². The highest BCUT2D eigenvalue weighted by Gasteiger charge is 2.20. The molecule has 0 bridgehead atoms. The molecule has 0 fully saturated rings. The second-order valence-corrected chi connectivity index (χ2v) is 4.56. The van der Waals surface area contributed by atoms with Gasteiger partial charge in [0.15, 0.2) is 5.90 Å². The molecule has 0 amide bonds. The Labute approximate surface area is 113 Å². The summed E-state index contributed by atoms with van der Waals surface area (Å²) in [6.07, 6.45) is 1.55. The first kappa shape index (κ1) is 15.0. The lowest BCUT2D eigenvalue weighted by molar-refractivity contribution is 0.305. The third-order valence-electron chi connectivity index (χ3n) is 2.85. The van der Waals surface area contributed by atoms with Crippen LogP contribution in [0.2, 0.25) is 0 Å². The summed E-state index contributed by atoms with van der Waals surface area (Å²) in [6.45, 7) is 4.17. The summed E-state index contributed by atoms with van der Waals surface area (Å²) in [5, 5.41) is 7.95. The van der Waals surface area contributed by atoms with Crippen molar-refractivity contribution >= 4 is 17.5 Å². The zero-order valence-electron chi connectivity index (χ0n) is 10.8. The summed E-state index contributed by atoms with van der Waals surface area (Å²) >= 11 is 5.71. The van der Waals surface area contributed by atoms with Crippen LogP contribution in [0.4, 0.5) is 4.39 Å². The Morgan fingerprint density at radius 2 is 2.22 bits per heavy atom. The van der Waals surface area contributed by atoms with E-state index in [2.05, 4.69) is 0 Å². The van der Waals surface area contributed by atoms with Crippen LogP contribution in [-0.2, 0) is 4.74 Å². The van der Waals surface area contributed by atoms with Crippen molar-refractivity contribution in [2.24, 2.45) is 0 Å². The van der Waals surface area contributed by atoms with E-state index in [4.69, 9.17) is 21.7 Å². The fourth-order valence-electron chi connectivity index (χ4n) is 2.00. The summed E-state index contributed by atoms with van der Waals surface area (Å²) < 4.78 is 18.4. The molecule has 0 heterocycles. The van der Waals surface area contributed by atoms with Crippen molar-refractivity contribution in [3.8, 4) is 0 Å². The van der Waals surface area contributed by atoms with Crippen LogP contribution in [0.15, 0.2) is 18.2 Å². The topological polar surface area (TPSA) is 33.1 Å². The highest BCUT2D eigenvalue weighted by molar-refractivity contribution is 6.17. The Morgan fingerprint density at radius 1 is 1.50 bits per heavy atom. The molecule has 1 aromatic rings. The summed E-state index contributed by atoms with van der Waals surface area (Å²) in [5.41, 5.74) is 1.79. The predicted octanol–water partition coefficient (Wildman–Crippen LogP) is 4.25. The van der Waals surface area contributed by atoms with Gasteiger partial charge in [0, 0.05) is 5.88 Å². The molecule has 0 saturated heterocycles. The van der Waals surface area contributed by atoms with E-state index in [1.807, 2.05) is 13.8 Å². The van der Waals surface area contributed by atoms with E-state index in [1.165, 1.54) is 12.1 Å². The lowest BCUT2D eigenvalue weighted by atomic mass is 9.91. The van der Waals surface area contributed by atoms with E-state index in [-0.39, 0.29) is 17.6 Å². The SMILES string of the molecule is CCOC(=N)C(CCCCl)c1ccc(F)cc1C. The second kappa shape index (κ2) is 7.37. The van der Waals surface area contributed by atoms with E-state index in [1.54, 1.807) is 6.07 Å². The first-order chi connectivity index (χ1) is 8.60. The third kappa shape index (κ3) is 3.98. The van der Waals surface area contributed by atoms with Gasteiger partial charge in [-0.3, -0.25) is 5.41 Å². The molecular weight excluding hydrogens is 253 g/mol. The first-order valence-electron chi connectivity index (χ1n) is 6.13. The Bertz CT molecular complexity index is 409. The van der Waals surface area contributed by atoms with E-state index in [9.17, 15) is 4.39 Å². The Kier molecular flexibility index (Phi) is 6.13. The summed E-state index contributed by atoms with van der Waals surface area (Å²) in [4.78, 5) is 0. The predicted molar refractivity (Wildman–Crippen MR) is 73.2 cm³/mol. The van der Waals surface area contributed by atoms with Crippen LogP contribution in [-0.4, -0.2) is 18.4 Å². The van der Waals surface area contributed by atoms with Gasteiger partial charge in [0.05, 0.1) is 12.5 Å². The van der Waals surface area contributed by atoms with Crippen LogP contribution in [0.3, 0.4) is 0 Å². The van der Waals surface area contributed by atoms with Crippen LogP contribution in [0.1, 0.15) is 36.8 Å².